The van der Waals surface area contributed by atoms with Crippen LogP contribution in [0.1, 0.15) is 52.6 Å². The highest BCUT2D eigenvalue weighted by atomic mass is 35.5. The van der Waals surface area contributed by atoms with E-state index < -0.39 is 52.8 Å². The number of nitrogens with two attached hydrogens (primary N) is 1. The van der Waals surface area contributed by atoms with Crippen LogP contribution in [0.25, 0.3) is 0 Å². The van der Waals surface area contributed by atoms with Crippen LogP contribution in [-0.4, -0.2) is 54.4 Å². The number of nitrogens with zero attached hydrogens (tertiary/aromatic N) is 1. The Hall–Kier alpha value is -4.54. The molecule has 9 nitrogen and oxygen atoms in total. The van der Waals surface area contributed by atoms with Crippen LogP contribution in [0.15, 0.2) is 42.5 Å². The first-order chi connectivity index (χ1) is 21.2. The molecule has 45 heavy (non-hydrogen) atoms. The highest BCUT2D eigenvalue weighted by Crippen LogP contribution is 2.45. The molecule has 236 valence electrons. The fourth-order valence-corrected chi connectivity index (χ4v) is 4.68. The van der Waals surface area contributed by atoms with E-state index in [0.717, 1.165) is 25.0 Å². The molecule has 2 atom stereocenters. The normalized spacial score (nSPS) is 18.5. The van der Waals surface area contributed by atoms with Crippen LogP contribution in [0.2, 0.25) is 5.02 Å². The largest absolute Gasteiger partial charge is 0.493 e. The number of carbonyl (C=O) groups is 2. The Morgan fingerprint density at radius 3 is 2.53 bits per heavy atom. The Kier molecular flexibility index (Phi) is 8.33. The maximum Gasteiger partial charge on any atom is 0.424 e. The van der Waals surface area contributed by atoms with Gasteiger partial charge in [-0.15, -0.1) is 0 Å². The number of aromatic nitrogens is 1. The second-order valence-corrected chi connectivity index (χ2v) is 11.3. The number of primary amides is 1. The van der Waals surface area contributed by atoms with Crippen molar-refractivity contribution in [3.05, 3.63) is 81.4 Å². The fourth-order valence-electron chi connectivity index (χ4n) is 4.52. The topological polar surface area (TPSA) is 133 Å². The number of rotatable bonds is 8. The van der Waals surface area contributed by atoms with Crippen molar-refractivity contribution >= 4 is 23.4 Å². The molecule has 1 aromatic heterocycles. The minimum atomic E-state index is -5.39. The van der Waals surface area contributed by atoms with Crippen molar-refractivity contribution in [3.8, 4) is 29.1 Å². The average molecular weight is 648 g/mol. The number of nitrogens with one attached hydrogen (secondary N) is 1. The number of halogens is 5. The Morgan fingerprint density at radius 1 is 1.18 bits per heavy atom. The molecule has 3 aromatic rings. The fraction of sp³-hybridized carbons (Fsp3) is 0.323. The molecule has 2 heterocycles. The summed E-state index contributed by atoms with van der Waals surface area (Å²) in [6, 6.07) is 8.55. The third kappa shape index (κ3) is 6.21. The third-order valence-electron chi connectivity index (χ3n) is 7.50. The van der Waals surface area contributed by atoms with Gasteiger partial charge >= 0.3 is 6.18 Å². The van der Waals surface area contributed by atoms with Crippen molar-refractivity contribution in [2.45, 2.75) is 43.1 Å². The van der Waals surface area contributed by atoms with Gasteiger partial charge in [0.15, 0.2) is 22.9 Å². The van der Waals surface area contributed by atoms with Crippen LogP contribution in [0.5, 0.6) is 17.2 Å². The maximum absolute atomic E-state index is 14.6. The van der Waals surface area contributed by atoms with Gasteiger partial charge in [0.2, 0.25) is 11.5 Å². The van der Waals surface area contributed by atoms with Crippen LogP contribution in [0.3, 0.4) is 0 Å². The highest BCUT2D eigenvalue weighted by Gasteiger charge is 2.57. The van der Waals surface area contributed by atoms with E-state index in [-0.39, 0.29) is 45.9 Å². The number of amides is 2. The SMILES string of the molecule is COc1cc(C(=O)NCC(O)(c2cc3c(c(C#Cc4ccc(Cl)cc4F)n2)OC[C@]3(C)C(N)=O)C(F)(F)F)ccc1OC1CC1. The molecule has 1 aliphatic carbocycles. The highest BCUT2D eigenvalue weighted by molar-refractivity contribution is 6.30. The van der Waals surface area contributed by atoms with Crippen LogP contribution in [-0.2, 0) is 15.8 Å². The van der Waals surface area contributed by atoms with Crippen molar-refractivity contribution < 1.29 is 46.5 Å². The van der Waals surface area contributed by atoms with Gasteiger partial charge in [0, 0.05) is 16.1 Å². The molecule has 1 fully saturated rings. The lowest BCUT2D eigenvalue weighted by atomic mass is 9.82. The van der Waals surface area contributed by atoms with Crippen molar-refractivity contribution in [1.82, 2.24) is 10.3 Å². The summed E-state index contributed by atoms with van der Waals surface area (Å²) in [5.74, 6) is 2.67. The molecule has 0 spiro atoms. The molecular formula is C31H26ClF4N3O6. The first kappa shape index (κ1) is 31.9. The van der Waals surface area contributed by atoms with Crippen LogP contribution >= 0.6 is 11.6 Å². The smallest absolute Gasteiger partial charge is 0.424 e. The van der Waals surface area contributed by atoms with Gasteiger partial charge in [-0.25, -0.2) is 9.37 Å². The van der Waals surface area contributed by atoms with Gasteiger partial charge in [-0.3, -0.25) is 9.59 Å². The number of alkyl halides is 3. The molecule has 2 amide bonds. The number of hydrogen-bond donors (Lipinski definition) is 3. The monoisotopic (exact) mass is 647 g/mol. The van der Waals surface area contributed by atoms with Crippen LogP contribution in [0, 0.1) is 17.7 Å². The number of methoxy groups -OCH3 is 1. The van der Waals surface area contributed by atoms with Crippen molar-refractivity contribution in [2.24, 2.45) is 5.73 Å². The molecule has 0 saturated heterocycles. The molecule has 2 aliphatic rings. The van der Waals surface area contributed by atoms with Gasteiger partial charge < -0.3 is 30.4 Å². The minimum absolute atomic E-state index is 0.0294. The number of fused-ring (bicyclic) bond motifs is 1. The van der Waals surface area contributed by atoms with Crippen molar-refractivity contribution in [1.29, 1.82) is 0 Å². The summed E-state index contributed by atoms with van der Waals surface area (Å²) in [6.07, 6.45) is -3.62. The zero-order valence-corrected chi connectivity index (χ0v) is 24.6. The summed E-state index contributed by atoms with van der Waals surface area (Å²) in [7, 11) is 1.35. The lowest BCUT2D eigenvalue weighted by Gasteiger charge is -2.31. The summed E-state index contributed by atoms with van der Waals surface area (Å²) in [6.45, 7) is -0.383. The second-order valence-electron chi connectivity index (χ2n) is 10.8. The van der Waals surface area contributed by atoms with Gasteiger partial charge in [-0.05, 0) is 68.2 Å². The average Bonchev–Trinajstić information content (AvgIpc) is 3.74. The zero-order chi connectivity index (χ0) is 32.7. The van der Waals surface area contributed by atoms with Crippen LogP contribution < -0.4 is 25.3 Å². The molecule has 1 saturated carbocycles. The lowest BCUT2D eigenvalue weighted by molar-refractivity contribution is -0.265. The van der Waals surface area contributed by atoms with E-state index in [1.54, 1.807) is 0 Å². The number of carbonyl (C=O) groups excluding carboxylic acids is 2. The molecule has 4 N–H and O–H groups in total. The Labute approximate surface area is 259 Å². The summed E-state index contributed by atoms with van der Waals surface area (Å²) in [5, 5.41) is 13.4. The predicted octanol–water partition coefficient (Wildman–Crippen LogP) is 4.14. The van der Waals surface area contributed by atoms with E-state index in [0.29, 0.717) is 5.75 Å². The molecule has 5 rings (SSSR count). The Bertz CT molecular complexity index is 1750. The van der Waals surface area contributed by atoms with E-state index in [1.165, 1.54) is 44.4 Å². The second kappa shape index (κ2) is 11.8. The van der Waals surface area contributed by atoms with Gasteiger partial charge in [0.25, 0.3) is 5.91 Å². The molecule has 0 bridgehead atoms. The van der Waals surface area contributed by atoms with Gasteiger partial charge in [0.1, 0.15) is 17.8 Å². The molecule has 1 aliphatic heterocycles. The number of aliphatic hydroxyl groups is 1. The van der Waals surface area contributed by atoms with Gasteiger partial charge in [0.05, 0.1) is 31.0 Å². The number of pyridine rings is 1. The number of ether oxygens (including phenoxy) is 3. The molecule has 14 heteroatoms. The maximum atomic E-state index is 14.6. The Morgan fingerprint density at radius 2 is 1.91 bits per heavy atom. The molecule has 1 unspecified atom stereocenters. The standard InChI is InChI=1S/C31H26ClF4N3O6/c1-29(28(37)41)15-44-26-20(29)13-25(39-22(26)9-4-16-3-6-18(32)12-21(16)33)30(42,31(34,35)36)14-38-27(40)17-5-10-23(24(11-17)43-2)45-19-7-8-19/h3,5-6,10-13,19,42H,7-8,14-15H2,1-2H3,(H2,37,41)(H,38,40)/t29-,30?/m0/s1. The van der Waals surface area contributed by atoms with E-state index in [1.807, 2.05) is 0 Å². The lowest BCUT2D eigenvalue weighted by Crippen LogP contribution is -2.52. The van der Waals surface area contributed by atoms with E-state index in [9.17, 15) is 32.3 Å². The summed E-state index contributed by atoms with van der Waals surface area (Å²) in [5.41, 5.74) is -1.59. The predicted molar refractivity (Wildman–Crippen MR) is 153 cm³/mol. The van der Waals surface area contributed by atoms with Crippen LogP contribution in [0.4, 0.5) is 17.6 Å². The van der Waals surface area contributed by atoms with Crippen molar-refractivity contribution in [3.63, 3.8) is 0 Å². The minimum Gasteiger partial charge on any atom is -0.493 e. The number of benzene rings is 2. The number of hydrogen-bond acceptors (Lipinski definition) is 7. The Balaban J connectivity index is 1.53. The summed E-state index contributed by atoms with van der Waals surface area (Å²) < 4.78 is 74.8. The molecular weight excluding hydrogens is 622 g/mol. The van der Waals surface area contributed by atoms with Gasteiger partial charge in [-0.2, -0.15) is 13.2 Å². The van der Waals surface area contributed by atoms with E-state index >= 15 is 0 Å². The molecule has 2 aromatic carbocycles. The summed E-state index contributed by atoms with van der Waals surface area (Å²) in [4.78, 5) is 29.3. The molecule has 0 radical (unpaired) electrons. The zero-order valence-electron chi connectivity index (χ0n) is 23.9. The van der Waals surface area contributed by atoms with Crippen molar-refractivity contribution in [2.75, 3.05) is 20.3 Å². The summed E-state index contributed by atoms with van der Waals surface area (Å²) >= 11 is 5.78. The third-order valence-corrected chi connectivity index (χ3v) is 7.74. The van der Waals surface area contributed by atoms with E-state index in [2.05, 4.69) is 22.1 Å². The van der Waals surface area contributed by atoms with Gasteiger partial charge in [-0.1, -0.05) is 17.5 Å². The van der Waals surface area contributed by atoms with E-state index in [4.69, 9.17) is 31.5 Å². The first-order valence-electron chi connectivity index (χ1n) is 13.5. The quantitative estimate of drug-likeness (QED) is 0.247. The first-order valence-corrected chi connectivity index (χ1v) is 13.9.